The zero-order chi connectivity index (χ0) is 36.2. The average molecular weight is 690 g/mol. The Morgan fingerprint density at radius 2 is 0.667 bits per heavy atom. The number of nitrogens with zero attached hydrogens (tertiary/aromatic N) is 3. The van der Waals surface area contributed by atoms with Crippen LogP contribution in [0.15, 0.2) is 176 Å². The molecular formula is C51H35N3. The second kappa shape index (κ2) is 12.9. The van der Waals surface area contributed by atoms with Gasteiger partial charge in [-0.25, -0.2) is 15.0 Å². The van der Waals surface area contributed by atoms with Gasteiger partial charge in [-0.3, -0.25) is 0 Å². The Bertz CT molecular complexity index is 2870. The van der Waals surface area contributed by atoms with Crippen molar-refractivity contribution in [1.29, 1.82) is 0 Å². The smallest absolute Gasteiger partial charge is 0.164 e. The van der Waals surface area contributed by atoms with E-state index < -0.39 is 0 Å². The third kappa shape index (κ3) is 5.77. The minimum absolute atomic E-state index is 0.631. The lowest BCUT2D eigenvalue weighted by Gasteiger charge is -2.15. The van der Waals surface area contributed by atoms with E-state index in [0.29, 0.717) is 17.5 Å². The van der Waals surface area contributed by atoms with Crippen LogP contribution in [0.2, 0.25) is 0 Å². The van der Waals surface area contributed by atoms with Gasteiger partial charge in [0.2, 0.25) is 0 Å². The summed E-state index contributed by atoms with van der Waals surface area (Å²) in [5.41, 5.74) is 9.86. The molecule has 10 aromatic rings. The predicted molar refractivity (Wildman–Crippen MR) is 227 cm³/mol. The Morgan fingerprint density at radius 3 is 1.17 bits per heavy atom. The van der Waals surface area contributed by atoms with Gasteiger partial charge in [-0.15, -0.1) is 0 Å². The minimum atomic E-state index is 0.631. The molecule has 0 radical (unpaired) electrons. The summed E-state index contributed by atoms with van der Waals surface area (Å²) in [6.45, 7) is 4.25. The molecule has 0 aliphatic carbocycles. The van der Waals surface area contributed by atoms with Crippen molar-refractivity contribution in [3.8, 4) is 56.4 Å². The molecule has 0 bridgehead atoms. The molecule has 0 amide bonds. The molecule has 10 rings (SSSR count). The van der Waals surface area contributed by atoms with Crippen LogP contribution in [0.5, 0.6) is 0 Å². The molecule has 0 saturated carbocycles. The fourth-order valence-corrected chi connectivity index (χ4v) is 7.79. The SMILES string of the molecule is Cc1ccc2cc(-c3nc(-c4cc(-c5cccc6ccccc56)cc(-c5cccc6ccccc56)c4)nc(-c4ccc5cc(C)ccc5c4)n3)ccc2c1. The molecule has 3 nitrogen and oxygen atoms in total. The van der Waals surface area contributed by atoms with Crippen LogP contribution >= 0.6 is 0 Å². The van der Waals surface area contributed by atoms with Crippen molar-refractivity contribution in [2.75, 3.05) is 0 Å². The summed E-state index contributed by atoms with van der Waals surface area (Å²) in [6.07, 6.45) is 0. The molecule has 0 atom stereocenters. The van der Waals surface area contributed by atoms with Gasteiger partial charge in [0.25, 0.3) is 0 Å². The maximum Gasteiger partial charge on any atom is 0.164 e. The van der Waals surface area contributed by atoms with Gasteiger partial charge < -0.3 is 0 Å². The summed E-state index contributed by atoms with van der Waals surface area (Å²) in [4.78, 5) is 15.7. The highest BCUT2D eigenvalue weighted by atomic mass is 15.0. The number of hydrogen-bond donors (Lipinski definition) is 0. The average Bonchev–Trinajstić information content (AvgIpc) is 3.22. The van der Waals surface area contributed by atoms with Gasteiger partial charge >= 0.3 is 0 Å². The number of rotatable bonds is 5. The third-order valence-corrected chi connectivity index (χ3v) is 10.5. The van der Waals surface area contributed by atoms with Crippen LogP contribution in [0.25, 0.3) is 99.5 Å². The molecule has 1 aromatic heterocycles. The van der Waals surface area contributed by atoms with E-state index in [1.54, 1.807) is 0 Å². The van der Waals surface area contributed by atoms with Crippen LogP contribution in [0.4, 0.5) is 0 Å². The number of fused-ring (bicyclic) bond motifs is 4. The molecule has 0 spiro atoms. The Morgan fingerprint density at radius 1 is 0.278 bits per heavy atom. The fourth-order valence-electron chi connectivity index (χ4n) is 7.79. The lowest BCUT2D eigenvalue weighted by molar-refractivity contribution is 1.08. The van der Waals surface area contributed by atoms with Gasteiger partial charge in [0.1, 0.15) is 0 Å². The van der Waals surface area contributed by atoms with E-state index in [2.05, 4.69) is 190 Å². The van der Waals surface area contributed by atoms with E-state index >= 15 is 0 Å². The van der Waals surface area contributed by atoms with E-state index in [1.807, 2.05) is 0 Å². The summed E-state index contributed by atoms with van der Waals surface area (Å²) in [5.74, 6) is 1.92. The maximum absolute atomic E-state index is 5.27. The van der Waals surface area contributed by atoms with Crippen molar-refractivity contribution >= 4 is 43.1 Å². The number of aromatic nitrogens is 3. The van der Waals surface area contributed by atoms with Crippen LogP contribution in [-0.4, -0.2) is 15.0 Å². The first kappa shape index (κ1) is 31.7. The summed E-state index contributed by atoms with van der Waals surface area (Å²) < 4.78 is 0. The largest absolute Gasteiger partial charge is 0.208 e. The highest BCUT2D eigenvalue weighted by Crippen LogP contribution is 2.38. The van der Waals surface area contributed by atoms with E-state index in [1.165, 1.54) is 54.6 Å². The third-order valence-electron chi connectivity index (χ3n) is 10.5. The number of benzene rings is 9. The summed E-state index contributed by atoms with van der Waals surface area (Å²) in [7, 11) is 0. The van der Waals surface area contributed by atoms with Crippen LogP contribution in [0.1, 0.15) is 11.1 Å². The summed E-state index contributed by atoms with van der Waals surface area (Å²) in [5, 5.41) is 9.51. The van der Waals surface area contributed by atoms with Crippen molar-refractivity contribution in [2.45, 2.75) is 13.8 Å². The normalized spacial score (nSPS) is 11.5. The first-order chi connectivity index (χ1) is 26.5. The molecule has 0 aliphatic rings. The molecule has 3 heteroatoms. The zero-order valence-corrected chi connectivity index (χ0v) is 30.1. The predicted octanol–water partition coefficient (Wildman–Crippen LogP) is 13.4. The Balaban J connectivity index is 1.23. The first-order valence-electron chi connectivity index (χ1n) is 18.4. The van der Waals surface area contributed by atoms with Crippen LogP contribution in [-0.2, 0) is 0 Å². The van der Waals surface area contributed by atoms with Gasteiger partial charge in [0.05, 0.1) is 0 Å². The molecular weight excluding hydrogens is 655 g/mol. The van der Waals surface area contributed by atoms with Gasteiger partial charge in [-0.05, 0) is 110 Å². The monoisotopic (exact) mass is 689 g/mol. The van der Waals surface area contributed by atoms with Gasteiger partial charge in [0, 0.05) is 16.7 Å². The second-order valence-corrected chi connectivity index (χ2v) is 14.3. The minimum Gasteiger partial charge on any atom is -0.208 e. The van der Waals surface area contributed by atoms with E-state index in [-0.39, 0.29) is 0 Å². The Hall–Kier alpha value is -6.97. The molecule has 0 N–H and O–H groups in total. The quantitative estimate of drug-likeness (QED) is 0.181. The first-order valence-corrected chi connectivity index (χ1v) is 18.4. The number of hydrogen-bond acceptors (Lipinski definition) is 3. The topological polar surface area (TPSA) is 38.7 Å². The van der Waals surface area contributed by atoms with Crippen molar-refractivity contribution in [3.05, 3.63) is 187 Å². The molecule has 0 fully saturated rings. The summed E-state index contributed by atoms with van der Waals surface area (Å²) in [6, 6.07) is 63.1. The van der Waals surface area contributed by atoms with Gasteiger partial charge in [-0.1, -0.05) is 157 Å². The molecule has 0 aliphatic heterocycles. The highest BCUT2D eigenvalue weighted by molar-refractivity contribution is 6.01. The summed E-state index contributed by atoms with van der Waals surface area (Å²) >= 11 is 0. The van der Waals surface area contributed by atoms with Gasteiger partial charge in [-0.2, -0.15) is 0 Å². The van der Waals surface area contributed by atoms with Crippen molar-refractivity contribution in [1.82, 2.24) is 15.0 Å². The molecule has 0 saturated heterocycles. The van der Waals surface area contributed by atoms with E-state index in [9.17, 15) is 0 Å². The lowest BCUT2D eigenvalue weighted by atomic mass is 9.91. The standard InChI is InChI=1S/C51H35N3/c1-32-17-19-38-27-40(23-21-36(38)25-32)49-52-50(41-24-22-37-26-33(2)18-20-39(37)28-41)54-51(53-49)44-30-42(47-15-7-11-34-9-3-5-13-45(34)47)29-43(31-44)48-16-8-12-35-10-4-6-14-46(35)48/h3-31H,1-2H3. The molecule has 54 heavy (non-hydrogen) atoms. The van der Waals surface area contributed by atoms with E-state index in [4.69, 9.17) is 15.0 Å². The molecule has 254 valence electrons. The van der Waals surface area contributed by atoms with Crippen molar-refractivity contribution in [2.24, 2.45) is 0 Å². The second-order valence-electron chi connectivity index (χ2n) is 14.3. The van der Waals surface area contributed by atoms with E-state index in [0.717, 1.165) is 38.6 Å². The van der Waals surface area contributed by atoms with Crippen LogP contribution in [0.3, 0.4) is 0 Å². The molecule has 0 unspecified atom stereocenters. The number of aryl methyl sites for hydroxylation is 2. The highest BCUT2D eigenvalue weighted by Gasteiger charge is 2.17. The van der Waals surface area contributed by atoms with Crippen LogP contribution in [0, 0.1) is 13.8 Å². The molecule has 9 aromatic carbocycles. The van der Waals surface area contributed by atoms with Crippen molar-refractivity contribution < 1.29 is 0 Å². The maximum atomic E-state index is 5.27. The Kier molecular flexibility index (Phi) is 7.59. The Labute approximate surface area is 314 Å². The fraction of sp³-hybridized carbons (Fsp3) is 0.0392. The zero-order valence-electron chi connectivity index (χ0n) is 30.1. The van der Waals surface area contributed by atoms with Crippen molar-refractivity contribution in [3.63, 3.8) is 0 Å². The van der Waals surface area contributed by atoms with Gasteiger partial charge in [0.15, 0.2) is 17.5 Å². The molecule has 1 heterocycles. The van der Waals surface area contributed by atoms with Crippen LogP contribution < -0.4 is 0 Å². The lowest BCUT2D eigenvalue weighted by Crippen LogP contribution is -2.01.